The van der Waals surface area contributed by atoms with E-state index in [2.05, 4.69) is 24.3 Å². The van der Waals surface area contributed by atoms with E-state index in [-0.39, 0.29) is 5.41 Å². The zero-order valence-electron chi connectivity index (χ0n) is 27.1. The lowest BCUT2D eigenvalue weighted by Gasteiger charge is -2.58. The lowest BCUT2D eigenvalue weighted by atomic mass is 9.47. The van der Waals surface area contributed by atoms with Crippen LogP contribution in [-0.2, 0) is 29.8 Å². The van der Waals surface area contributed by atoms with Crippen LogP contribution in [0, 0.1) is 35.5 Å². The van der Waals surface area contributed by atoms with Gasteiger partial charge in [-0.2, -0.15) is 0 Å². The molecule has 6 heteroatoms. The average molecular weight is 625 g/mol. The van der Waals surface area contributed by atoms with E-state index in [0.29, 0.717) is 45.1 Å². The highest BCUT2D eigenvalue weighted by molar-refractivity contribution is 5.94. The van der Waals surface area contributed by atoms with Crippen LogP contribution < -0.4 is 9.47 Å². The van der Waals surface area contributed by atoms with Gasteiger partial charge >= 0.3 is 0 Å². The Morgan fingerprint density at radius 3 is 1.61 bits per heavy atom. The summed E-state index contributed by atoms with van der Waals surface area (Å²) in [6.07, 6.45) is 20.1. The van der Waals surface area contributed by atoms with Crippen LogP contribution in [-0.4, -0.2) is 39.6 Å². The summed E-state index contributed by atoms with van der Waals surface area (Å²) in [7, 11) is 0. The summed E-state index contributed by atoms with van der Waals surface area (Å²) in [5.41, 5.74) is 3.51. The predicted octanol–water partition coefficient (Wildman–Crippen LogP) is 8.31. The normalized spacial score (nSPS) is 37.1. The summed E-state index contributed by atoms with van der Waals surface area (Å²) >= 11 is 0. The Hall–Kier alpha value is -2.70. The molecule has 244 valence electrons. The molecule has 10 aliphatic rings. The van der Waals surface area contributed by atoms with Crippen LogP contribution in [0.5, 0.6) is 11.5 Å². The van der Waals surface area contributed by atoms with Crippen molar-refractivity contribution in [3.8, 4) is 11.5 Å². The maximum absolute atomic E-state index is 6.88. The highest BCUT2D eigenvalue weighted by Crippen LogP contribution is 2.65. The molecule has 8 aliphatic carbocycles. The second-order valence-electron chi connectivity index (χ2n) is 16.6. The van der Waals surface area contributed by atoms with E-state index in [1.807, 2.05) is 0 Å². The minimum absolute atomic E-state index is 0.154. The van der Waals surface area contributed by atoms with Crippen LogP contribution in [0.25, 0.3) is 10.8 Å². The molecule has 2 aromatic rings. The fourth-order valence-corrected chi connectivity index (χ4v) is 12.5. The standard InChI is InChI=1S/C40H48O6/c1-2-33-34(35(3-1)39-15-25-8-26(16-39)10-27(9-25)17-39)14-36(43-6-4-41-21-31-23-45-31)38(44-7-5-42-22-32-24-46-32)37(33)40-18-28-11-29(19-40)13-30(12-28)20-40/h1-3,14,23-30H,4-13,15-22H2. The van der Waals surface area contributed by atoms with Gasteiger partial charge in [0, 0.05) is 11.0 Å². The van der Waals surface area contributed by atoms with Gasteiger partial charge in [0.05, 0.1) is 13.2 Å². The summed E-state index contributed by atoms with van der Waals surface area (Å²) in [5, 5.41) is 2.87. The van der Waals surface area contributed by atoms with E-state index in [1.54, 1.807) is 18.1 Å². The van der Waals surface area contributed by atoms with Gasteiger partial charge in [0.15, 0.2) is 23.0 Å². The molecule has 2 aliphatic heterocycles. The zero-order valence-corrected chi connectivity index (χ0v) is 27.1. The lowest BCUT2D eigenvalue weighted by Crippen LogP contribution is -2.49. The first-order chi connectivity index (χ1) is 22.6. The summed E-state index contributed by atoms with van der Waals surface area (Å²) in [6, 6.07) is 9.69. The molecule has 0 amide bonds. The summed E-state index contributed by atoms with van der Waals surface area (Å²) in [6.45, 7) is 3.03. The quantitative estimate of drug-likeness (QED) is 0.197. The van der Waals surface area contributed by atoms with Crippen LogP contribution >= 0.6 is 0 Å². The van der Waals surface area contributed by atoms with E-state index >= 15 is 0 Å². The van der Waals surface area contributed by atoms with Crippen molar-refractivity contribution in [3.63, 3.8) is 0 Å². The molecule has 0 aromatic heterocycles. The average Bonchev–Trinajstić information content (AvgIpc) is 3.95. The molecule has 46 heavy (non-hydrogen) atoms. The number of hydrogen-bond donors (Lipinski definition) is 0. The second kappa shape index (κ2) is 10.9. The number of benzene rings is 2. The van der Waals surface area contributed by atoms with Gasteiger partial charge in [0.25, 0.3) is 0 Å². The molecule has 0 saturated heterocycles. The molecular weight excluding hydrogens is 576 g/mol. The molecule has 2 aromatic carbocycles. The maximum atomic E-state index is 6.88. The summed E-state index contributed by atoms with van der Waals surface area (Å²) in [5.74, 6) is 8.92. The van der Waals surface area contributed by atoms with Crippen LogP contribution in [0.15, 0.2) is 48.3 Å². The van der Waals surface area contributed by atoms with Crippen molar-refractivity contribution < 1.29 is 28.4 Å². The molecule has 0 spiro atoms. The first-order valence-corrected chi connectivity index (χ1v) is 18.3. The van der Waals surface area contributed by atoms with Crippen LogP contribution in [0.2, 0.25) is 0 Å². The van der Waals surface area contributed by atoms with E-state index in [9.17, 15) is 0 Å². The Morgan fingerprint density at radius 2 is 1.09 bits per heavy atom. The van der Waals surface area contributed by atoms with Crippen molar-refractivity contribution in [3.05, 3.63) is 59.4 Å². The van der Waals surface area contributed by atoms with Gasteiger partial charge in [0.2, 0.25) is 0 Å². The van der Waals surface area contributed by atoms with E-state index in [0.717, 1.165) is 58.5 Å². The molecule has 0 radical (unpaired) electrons. The third-order valence-electron chi connectivity index (χ3n) is 13.3. The largest absolute Gasteiger partial charge is 0.487 e. The van der Waals surface area contributed by atoms with Gasteiger partial charge in [0.1, 0.15) is 39.0 Å². The number of hydrogen-bond acceptors (Lipinski definition) is 6. The van der Waals surface area contributed by atoms with Gasteiger partial charge in [-0.3, -0.25) is 0 Å². The Bertz CT molecular complexity index is 1520. The van der Waals surface area contributed by atoms with Gasteiger partial charge < -0.3 is 28.4 Å². The summed E-state index contributed by atoms with van der Waals surface area (Å²) in [4.78, 5) is 0. The molecule has 6 nitrogen and oxygen atoms in total. The number of fused-ring (bicyclic) bond motifs is 1. The first-order valence-electron chi connectivity index (χ1n) is 18.3. The molecular formula is C40H48O6. The number of rotatable bonds is 14. The summed E-state index contributed by atoms with van der Waals surface area (Å²) < 4.78 is 35.7. The Kier molecular flexibility index (Phi) is 6.72. The number of ether oxygens (including phenoxy) is 6. The molecule has 2 heterocycles. The van der Waals surface area contributed by atoms with Crippen LogP contribution in [0.1, 0.15) is 88.2 Å². The van der Waals surface area contributed by atoms with Crippen molar-refractivity contribution in [1.29, 1.82) is 0 Å². The third kappa shape index (κ3) is 5.05. The lowest BCUT2D eigenvalue weighted by molar-refractivity contribution is -0.00649. The van der Waals surface area contributed by atoms with Gasteiger partial charge in [-0.15, -0.1) is 0 Å². The van der Waals surface area contributed by atoms with E-state index in [1.165, 1.54) is 93.4 Å². The van der Waals surface area contributed by atoms with Crippen molar-refractivity contribution in [2.75, 3.05) is 39.6 Å². The highest BCUT2D eigenvalue weighted by atomic mass is 16.6. The van der Waals surface area contributed by atoms with Gasteiger partial charge in [-0.25, -0.2) is 0 Å². The third-order valence-corrected chi connectivity index (χ3v) is 13.3. The molecule has 0 unspecified atom stereocenters. The minimum atomic E-state index is 0.154. The Labute approximate surface area is 272 Å². The Balaban J connectivity index is 1.08. The molecule has 8 bridgehead atoms. The topological polar surface area (TPSA) is 62.0 Å². The van der Waals surface area contributed by atoms with E-state index < -0.39 is 0 Å². The molecule has 12 rings (SSSR count). The van der Waals surface area contributed by atoms with E-state index in [4.69, 9.17) is 28.4 Å². The fraction of sp³-hybridized carbons (Fsp3) is 0.650. The molecule has 0 atom stereocenters. The second-order valence-corrected chi connectivity index (χ2v) is 16.6. The van der Waals surface area contributed by atoms with Crippen molar-refractivity contribution in [2.24, 2.45) is 35.5 Å². The zero-order chi connectivity index (χ0) is 30.3. The SMILES string of the molecule is C1=C(COCCOc2cc3c(C45CC6CC(CC(C6)C4)C5)cccc3c(C34CC5CC(CC(C5)C3)C4)c2OCCOCC2=CO2)O1. The van der Waals surface area contributed by atoms with Gasteiger partial charge in [-0.05, 0) is 140 Å². The van der Waals surface area contributed by atoms with Crippen molar-refractivity contribution in [1.82, 2.24) is 0 Å². The first kappa shape index (κ1) is 28.3. The predicted molar refractivity (Wildman–Crippen MR) is 175 cm³/mol. The maximum Gasteiger partial charge on any atom is 0.165 e. The molecule has 0 N–H and O–H groups in total. The molecule has 8 saturated carbocycles. The van der Waals surface area contributed by atoms with Crippen LogP contribution in [0.3, 0.4) is 0 Å². The van der Waals surface area contributed by atoms with Crippen molar-refractivity contribution >= 4 is 10.8 Å². The Morgan fingerprint density at radius 1 is 0.587 bits per heavy atom. The monoisotopic (exact) mass is 624 g/mol. The van der Waals surface area contributed by atoms with Crippen molar-refractivity contribution in [2.45, 2.75) is 87.9 Å². The highest BCUT2D eigenvalue weighted by Gasteiger charge is 2.55. The fourth-order valence-electron chi connectivity index (χ4n) is 12.5. The minimum Gasteiger partial charge on any atom is -0.487 e. The van der Waals surface area contributed by atoms with Gasteiger partial charge in [-0.1, -0.05) is 18.2 Å². The van der Waals surface area contributed by atoms with Crippen LogP contribution in [0.4, 0.5) is 0 Å². The smallest absolute Gasteiger partial charge is 0.165 e. The molecule has 8 fully saturated rings.